The van der Waals surface area contributed by atoms with E-state index in [0.29, 0.717) is 13.1 Å². The Labute approximate surface area is 172 Å². The van der Waals surface area contributed by atoms with Gasteiger partial charge < -0.3 is 14.5 Å². The Hall–Kier alpha value is -2.66. The highest BCUT2D eigenvalue weighted by Crippen LogP contribution is 2.33. The fourth-order valence-electron chi connectivity index (χ4n) is 4.29. The van der Waals surface area contributed by atoms with Crippen molar-refractivity contribution in [3.63, 3.8) is 0 Å². The van der Waals surface area contributed by atoms with Crippen molar-refractivity contribution in [2.45, 2.75) is 38.7 Å². The lowest BCUT2D eigenvalue weighted by Gasteiger charge is -2.42. The van der Waals surface area contributed by atoms with E-state index >= 15 is 0 Å². The topological polar surface area (TPSA) is 49.9 Å². The molecule has 2 aliphatic heterocycles. The van der Waals surface area contributed by atoms with Gasteiger partial charge in [-0.2, -0.15) is 0 Å². The third-order valence-electron chi connectivity index (χ3n) is 6.26. The lowest BCUT2D eigenvalue weighted by molar-refractivity contribution is -0.140. The lowest BCUT2D eigenvalue weighted by atomic mass is 9.92. The molecule has 2 fully saturated rings. The van der Waals surface area contributed by atoms with E-state index in [1.807, 2.05) is 65.3 Å². The quantitative estimate of drug-likeness (QED) is 0.782. The SMILES string of the molecule is Cc1ccc(C(=O)N2CCCC3(CC2)CN(c2ccccc2)C(=O)CO3)cc1C. The van der Waals surface area contributed by atoms with Crippen LogP contribution in [0, 0.1) is 13.8 Å². The summed E-state index contributed by atoms with van der Waals surface area (Å²) in [6.45, 7) is 6.09. The summed E-state index contributed by atoms with van der Waals surface area (Å²) in [7, 11) is 0. The van der Waals surface area contributed by atoms with Gasteiger partial charge in [0.1, 0.15) is 6.61 Å². The molecule has 29 heavy (non-hydrogen) atoms. The number of hydrogen-bond acceptors (Lipinski definition) is 3. The number of hydrogen-bond donors (Lipinski definition) is 0. The molecule has 0 bridgehead atoms. The first-order valence-electron chi connectivity index (χ1n) is 10.3. The zero-order chi connectivity index (χ0) is 20.4. The van der Waals surface area contributed by atoms with Crippen LogP contribution in [0.25, 0.3) is 0 Å². The smallest absolute Gasteiger partial charge is 0.253 e. The maximum Gasteiger partial charge on any atom is 0.253 e. The molecule has 4 rings (SSSR count). The van der Waals surface area contributed by atoms with Crippen molar-refractivity contribution in [3.05, 3.63) is 65.2 Å². The van der Waals surface area contributed by atoms with Crippen LogP contribution >= 0.6 is 0 Å². The van der Waals surface area contributed by atoms with Crippen molar-refractivity contribution in [2.75, 3.05) is 31.1 Å². The number of amides is 2. The van der Waals surface area contributed by atoms with E-state index in [2.05, 4.69) is 6.92 Å². The molecule has 1 atom stereocenters. The summed E-state index contributed by atoms with van der Waals surface area (Å²) in [6.07, 6.45) is 2.45. The number of para-hydroxylation sites is 1. The van der Waals surface area contributed by atoms with Gasteiger partial charge in [0.2, 0.25) is 0 Å². The minimum Gasteiger partial charge on any atom is -0.363 e. The molecule has 2 saturated heterocycles. The van der Waals surface area contributed by atoms with Crippen molar-refractivity contribution in [3.8, 4) is 0 Å². The van der Waals surface area contributed by atoms with Gasteiger partial charge in [0.25, 0.3) is 11.8 Å². The molecule has 0 aliphatic carbocycles. The molecular weight excluding hydrogens is 364 g/mol. The van der Waals surface area contributed by atoms with Gasteiger partial charge in [0.15, 0.2) is 0 Å². The Balaban J connectivity index is 1.48. The average molecular weight is 392 g/mol. The molecule has 5 heteroatoms. The minimum atomic E-state index is -0.387. The largest absolute Gasteiger partial charge is 0.363 e. The number of morpholine rings is 1. The van der Waals surface area contributed by atoms with E-state index in [-0.39, 0.29) is 24.0 Å². The third-order valence-corrected chi connectivity index (χ3v) is 6.26. The predicted molar refractivity (Wildman–Crippen MR) is 113 cm³/mol. The highest BCUT2D eigenvalue weighted by Gasteiger charge is 2.42. The van der Waals surface area contributed by atoms with Crippen LogP contribution in [-0.2, 0) is 9.53 Å². The second-order valence-corrected chi connectivity index (χ2v) is 8.23. The molecule has 0 N–H and O–H groups in total. The Morgan fingerprint density at radius 1 is 1.00 bits per heavy atom. The zero-order valence-corrected chi connectivity index (χ0v) is 17.2. The summed E-state index contributed by atoms with van der Waals surface area (Å²) in [5.41, 5.74) is 3.59. The Morgan fingerprint density at radius 2 is 1.79 bits per heavy atom. The van der Waals surface area contributed by atoms with E-state index in [1.165, 1.54) is 5.56 Å². The lowest BCUT2D eigenvalue weighted by Crippen LogP contribution is -2.55. The maximum atomic E-state index is 13.0. The van der Waals surface area contributed by atoms with Crippen molar-refractivity contribution in [1.29, 1.82) is 0 Å². The molecule has 2 aromatic rings. The van der Waals surface area contributed by atoms with Crippen LogP contribution in [-0.4, -0.2) is 48.6 Å². The van der Waals surface area contributed by atoms with E-state index in [9.17, 15) is 9.59 Å². The molecule has 2 aliphatic rings. The van der Waals surface area contributed by atoms with Gasteiger partial charge in [-0.05, 0) is 68.5 Å². The molecule has 0 radical (unpaired) electrons. The number of likely N-dealkylation sites (tertiary alicyclic amines) is 1. The summed E-state index contributed by atoms with van der Waals surface area (Å²) in [5, 5.41) is 0. The summed E-state index contributed by atoms with van der Waals surface area (Å²) in [4.78, 5) is 29.3. The number of anilines is 1. The van der Waals surface area contributed by atoms with Gasteiger partial charge >= 0.3 is 0 Å². The van der Waals surface area contributed by atoms with Crippen LogP contribution in [0.3, 0.4) is 0 Å². The van der Waals surface area contributed by atoms with E-state index < -0.39 is 0 Å². The standard InChI is InChI=1S/C24H28N2O3/c1-18-9-10-20(15-19(18)2)23(28)25-13-6-11-24(12-14-25)17-26(22(27)16-29-24)21-7-4-3-5-8-21/h3-5,7-10,15H,6,11-14,16-17H2,1-2H3. The molecule has 0 saturated carbocycles. The van der Waals surface area contributed by atoms with Crippen LogP contribution in [0.2, 0.25) is 0 Å². The fraction of sp³-hybridized carbons (Fsp3) is 0.417. The summed E-state index contributed by atoms with van der Waals surface area (Å²) >= 11 is 0. The van der Waals surface area contributed by atoms with Gasteiger partial charge in [-0.3, -0.25) is 9.59 Å². The molecule has 2 amide bonds. The predicted octanol–water partition coefficient (Wildman–Crippen LogP) is 3.73. The number of carbonyl (C=O) groups is 2. The van der Waals surface area contributed by atoms with Gasteiger partial charge in [-0.25, -0.2) is 0 Å². The number of aryl methyl sites for hydroxylation is 2. The first kappa shape index (κ1) is 19.6. The monoisotopic (exact) mass is 392 g/mol. The molecule has 0 aromatic heterocycles. The molecule has 2 aromatic carbocycles. The minimum absolute atomic E-state index is 0.00543. The molecule has 152 valence electrons. The van der Waals surface area contributed by atoms with Crippen LogP contribution < -0.4 is 4.90 Å². The molecule has 2 heterocycles. The van der Waals surface area contributed by atoms with Crippen LogP contribution in [0.15, 0.2) is 48.5 Å². The Bertz CT molecular complexity index is 912. The van der Waals surface area contributed by atoms with Gasteiger partial charge in [-0.1, -0.05) is 24.3 Å². The van der Waals surface area contributed by atoms with Crippen LogP contribution in [0.5, 0.6) is 0 Å². The van der Waals surface area contributed by atoms with E-state index in [4.69, 9.17) is 4.74 Å². The molecule has 1 spiro atoms. The van der Waals surface area contributed by atoms with Crippen molar-refractivity contribution in [1.82, 2.24) is 4.90 Å². The zero-order valence-electron chi connectivity index (χ0n) is 17.2. The Morgan fingerprint density at radius 3 is 2.55 bits per heavy atom. The second kappa shape index (κ2) is 7.99. The summed E-state index contributed by atoms with van der Waals surface area (Å²) < 4.78 is 6.09. The maximum absolute atomic E-state index is 13.0. The summed E-state index contributed by atoms with van der Waals surface area (Å²) in [6, 6.07) is 15.7. The number of carbonyl (C=O) groups excluding carboxylic acids is 2. The van der Waals surface area contributed by atoms with Crippen molar-refractivity contribution in [2.24, 2.45) is 0 Å². The number of benzene rings is 2. The average Bonchev–Trinajstić information content (AvgIpc) is 2.95. The Kier molecular flexibility index (Phi) is 5.41. The molecule has 5 nitrogen and oxygen atoms in total. The second-order valence-electron chi connectivity index (χ2n) is 8.23. The third kappa shape index (κ3) is 4.06. The number of nitrogens with zero attached hydrogens (tertiary/aromatic N) is 2. The highest BCUT2D eigenvalue weighted by atomic mass is 16.5. The molecule has 1 unspecified atom stereocenters. The van der Waals surface area contributed by atoms with Crippen molar-refractivity contribution >= 4 is 17.5 Å². The highest BCUT2D eigenvalue weighted by molar-refractivity contribution is 5.95. The van der Waals surface area contributed by atoms with E-state index in [1.54, 1.807) is 0 Å². The van der Waals surface area contributed by atoms with Crippen LogP contribution in [0.4, 0.5) is 5.69 Å². The normalized spacial score (nSPS) is 22.6. The fourth-order valence-corrected chi connectivity index (χ4v) is 4.29. The molecular formula is C24H28N2O3. The van der Waals surface area contributed by atoms with Gasteiger partial charge in [0.05, 0.1) is 12.1 Å². The summed E-state index contributed by atoms with van der Waals surface area (Å²) in [5.74, 6) is 0.0751. The van der Waals surface area contributed by atoms with Gasteiger partial charge in [-0.15, -0.1) is 0 Å². The first-order chi connectivity index (χ1) is 14.0. The first-order valence-corrected chi connectivity index (χ1v) is 10.3. The number of ether oxygens (including phenoxy) is 1. The van der Waals surface area contributed by atoms with Crippen molar-refractivity contribution < 1.29 is 14.3 Å². The van der Waals surface area contributed by atoms with E-state index in [0.717, 1.165) is 42.6 Å². The van der Waals surface area contributed by atoms with Crippen LogP contribution in [0.1, 0.15) is 40.7 Å². The van der Waals surface area contributed by atoms with Gasteiger partial charge in [0, 0.05) is 24.3 Å². The number of rotatable bonds is 2.